The van der Waals surface area contributed by atoms with E-state index in [1.165, 1.54) is 43.2 Å². The minimum Gasteiger partial charge on any atom is -0.494 e. The van der Waals surface area contributed by atoms with Crippen molar-refractivity contribution < 1.29 is 29.3 Å². The lowest BCUT2D eigenvalue weighted by atomic mass is 9.73. The van der Waals surface area contributed by atoms with Gasteiger partial charge in [0, 0.05) is 12.8 Å². The Morgan fingerprint density at radius 3 is 2.63 bits per heavy atom. The first-order valence-electron chi connectivity index (χ1n) is 11.2. The van der Waals surface area contributed by atoms with Crippen LogP contribution in [0.1, 0.15) is 63.5 Å². The SMILES string of the molecule is CCOc1cccc2c1CC1CCC(CCC(C)O)C1C2.O=COC1(C(=O)O)CC1. The zero-order chi connectivity index (χ0) is 21.7. The Hall–Kier alpha value is -2.08. The molecule has 4 unspecified atom stereocenters. The average Bonchev–Trinajstić information content (AvgIpc) is 3.40. The molecule has 0 bridgehead atoms. The summed E-state index contributed by atoms with van der Waals surface area (Å²) in [7, 11) is 0. The summed E-state index contributed by atoms with van der Waals surface area (Å²) in [4.78, 5) is 19.9. The first kappa shape index (κ1) is 22.6. The molecule has 2 fully saturated rings. The van der Waals surface area contributed by atoms with E-state index < -0.39 is 11.6 Å². The van der Waals surface area contributed by atoms with Gasteiger partial charge in [0.15, 0.2) is 0 Å². The van der Waals surface area contributed by atoms with Crippen LogP contribution in [-0.2, 0) is 27.2 Å². The number of aliphatic carboxylic acids is 1. The van der Waals surface area contributed by atoms with Gasteiger partial charge in [-0.15, -0.1) is 0 Å². The van der Waals surface area contributed by atoms with Crippen LogP contribution in [-0.4, -0.2) is 41.0 Å². The van der Waals surface area contributed by atoms with Crippen molar-refractivity contribution in [3.8, 4) is 5.75 Å². The third kappa shape index (κ3) is 5.15. The second-order valence-corrected chi connectivity index (χ2v) is 8.94. The Bertz CT molecular complexity index is 739. The lowest BCUT2D eigenvalue weighted by Gasteiger charge is -2.32. The molecule has 0 aromatic heterocycles. The monoisotopic (exact) mass is 418 g/mol. The molecule has 6 heteroatoms. The third-order valence-electron chi connectivity index (χ3n) is 6.89. The van der Waals surface area contributed by atoms with E-state index in [4.69, 9.17) is 9.84 Å². The zero-order valence-corrected chi connectivity index (χ0v) is 18.0. The highest BCUT2D eigenvalue weighted by atomic mass is 16.6. The lowest BCUT2D eigenvalue weighted by molar-refractivity contribution is -0.159. The van der Waals surface area contributed by atoms with Crippen LogP contribution in [0.4, 0.5) is 0 Å². The maximum atomic E-state index is 10.2. The van der Waals surface area contributed by atoms with Gasteiger partial charge in [0.25, 0.3) is 6.47 Å². The molecule has 4 atom stereocenters. The summed E-state index contributed by atoms with van der Waals surface area (Å²) in [5.74, 6) is 2.54. The predicted molar refractivity (Wildman–Crippen MR) is 112 cm³/mol. The summed E-state index contributed by atoms with van der Waals surface area (Å²) in [6.07, 6.45) is 8.01. The van der Waals surface area contributed by atoms with Gasteiger partial charge in [-0.2, -0.15) is 0 Å². The molecule has 3 aliphatic rings. The molecule has 30 heavy (non-hydrogen) atoms. The van der Waals surface area contributed by atoms with E-state index in [0.717, 1.165) is 36.5 Å². The van der Waals surface area contributed by atoms with Crippen LogP contribution in [0.15, 0.2) is 18.2 Å². The number of benzene rings is 1. The summed E-state index contributed by atoms with van der Waals surface area (Å²) in [5.41, 5.74) is 1.82. The molecular weight excluding hydrogens is 384 g/mol. The number of rotatable bonds is 8. The number of aliphatic hydroxyl groups is 1. The Morgan fingerprint density at radius 2 is 2.07 bits per heavy atom. The van der Waals surface area contributed by atoms with Crippen LogP contribution in [0, 0.1) is 17.8 Å². The molecule has 0 radical (unpaired) electrons. The number of fused-ring (bicyclic) bond motifs is 2. The Balaban J connectivity index is 0.000000239. The average molecular weight is 419 g/mol. The Kier molecular flexibility index (Phi) is 7.40. The molecule has 0 amide bonds. The Labute approximate surface area is 178 Å². The standard InChI is InChI=1S/C19H28O2.C5H6O4/c1-3-21-19-6-4-5-15-11-17-14(8-7-13(2)20)9-10-16(17)12-18(15)19;6-3-9-5(1-2-5)4(7)8/h4-6,13-14,16-17,20H,3,7-12H2,1-2H3;3H,1-2H2,(H,7,8). The number of carboxylic acid groups (broad SMARTS) is 1. The van der Waals surface area contributed by atoms with Crippen molar-refractivity contribution in [2.24, 2.45) is 17.8 Å². The lowest BCUT2D eigenvalue weighted by Crippen LogP contribution is -2.26. The van der Waals surface area contributed by atoms with Crippen molar-refractivity contribution in [3.63, 3.8) is 0 Å². The van der Waals surface area contributed by atoms with E-state index in [1.54, 1.807) is 0 Å². The van der Waals surface area contributed by atoms with E-state index in [0.29, 0.717) is 12.8 Å². The molecule has 6 nitrogen and oxygen atoms in total. The second-order valence-electron chi connectivity index (χ2n) is 8.94. The van der Waals surface area contributed by atoms with Crippen molar-refractivity contribution in [1.82, 2.24) is 0 Å². The molecule has 2 N–H and O–H groups in total. The minimum absolute atomic E-state index is 0.149. The second kappa shape index (κ2) is 9.82. The first-order chi connectivity index (χ1) is 14.4. The van der Waals surface area contributed by atoms with Crippen molar-refractivity contribution in [2.45, 2.75) is 76.9 Å². The van der Waals surface area contributed by atoms with Gasteiger partial charge in [0.2, 0.25) is 5.60 Å². The van der Waals surface area contributed by atoms with Gasteiger partial charge in [-0.25, -0.2) is 4.79 Å². The number of carboxylic acids is 1. The molecule has 0 aliphatic heterocycles. The fourth-order valence-electron chi connectivity index (χ4n) is 5.07. The zero-order valence-electron chi connectivity index (χ0n) is 18.0. The molecule has 1 aromatic carbocycles. The number of carbonyl (C=O) groups excluding carboxylic acids is 1. The highest BCUT2D eigenvalue weighted by molar-refractivity contribution is 5.82. The number of hydrogen-bond donors (Lipinski definition) is 2. The maximum absolute atomic E-state index is 10.2. The fourth-order valence-corrected chi connectivity index (χ4v) is 5.07. The quantitative estimate of drug-likeness (QED) is 0.625. The van der Waals surface area contributed by atoms with Gasteiger partial charge < -0.3 is 19.7 Å². The number of ether oxygens (including phenoxy) is 2. The smallest absolute Gasteiger partial charge is 0.348 e. The summed E-state index contributed by atoms with van der Waals surface area (Å²) in [6, 6.07) is 6.56. The van der Waals surface area contributed by atoms with E-state index in [2.05, 4.69) is 29.9 Å². The number of hydrogen-bond acceptors (Lipinski definition) is 5. The van der Waals surface area contributed by atoms with E-state index >= 15 is 0 Å². The normalized spacial score (nSPS) is 26.3. The van der Waals surface area contributed by atoms with Crippen molar-refractivity contribution in [3.05, 3.63) is 29.3 Å². The van der Waals surface area contributed by atoms with Gasteiger partial charge in [0.05, 0.1) is 12.7 Å². The summed E-state index contributed by atoms with van der Waals surface area (Å²) in [6.45, 7) is 4.91. The van der Waals surface area contributed by atoms with Gasteiger partial charge in [0.1, 0.15) is 5.75 Å². The molecular formula is C24H34O6. The van der Waals surface area contributed by atoms with Gasteiger partial charge in [-0.3, -0.25) is 4.79 Å². The molecule has 1 aromatic rings. The predicted octanol–water partition coefficient (Wildman–Crippen LogP) is 3.76. The first-order valence-corrected chi connectivity index (χ1v) is 11.2. The van der Waals surface area contributed by atoms with Crippen LogP contribution in [0.25, 0.3) is 0 Å². The Morgan fingerprint density at radius 1 is 1.30 bits per heavy atom. The van der Waals surface area contributed by atoms with Crippen LogP contribution >= 0.6 is 0 Å². The van der Waals surface area contributed by atoms with Gasteiger partial charge in [-0.05, 0) is 87.3 Å². The van der Waals surface area contributed by atoms with Gasteiger partial charge in [-0.1, -0.05) is 12.1 Å². The van der Waals surface area contributed by atoms with Gasteiger partial charge >= 0.3 is 5.97 Å². The highest BCUT2D eigenvalue weighted by Crippen LogP contribution is 2.48. The molecule has 0 spiro atoms. The van der Waals surface area contributed by atoms with Crippen LogP contribution in [0.2, 0.25) is 0 Å². The number of carbonyl (C=O) groups is 2. The van der Waals surface area contributed by atoms with E-state index in [-0.39, 0.29) is 12.6 Å². The van der Waals surface area contributed by atoms with E-state index in [9.17, 15) is 14.7 Å². The maximum Gasteiger partial charge on any atom is 0.348 e. The summed E-state index contributed by atoms with van der Waals surface area (Å²) in [5, 5.41) is 17.9. The summed E-state index contributed by atoms with van der Waals surface area (Å²) >= 11 is 0. The van der Waals surface area contributed by atoms with Crippen molar-refractivity contribution in [2.75, 3.05) is 6.61 Å². The minimum atomic E-state index is -1.15. The molecule has 0 saturated heterocycles. The molecule has 0 heterocycles. The molecule has 2 saturated carbocycles. The highest BCUT2D eigenvalue weighted by Gasteiger charge is 2.53. The van der Waals surface area contributed by atoms with Crippen molar-refractivity contribution >= 4 is 12.4 Å². The van der Waals surface area contributed by atoms with Crippen LogP contribution in [0.5, 0.6) is 5.75 Å². The van der Waals surface area contributed by atoms with Crippen LogP contribution < -0.4 is 4.74 Å². The van der Waals surface area contributed by atoms with Crippen LogP contribution in [0.3, 0.4) is 0 Å². The largest absolute Gasteiger partial charge is 0.494 e. The third-order valence-corrected chi connectivity index (χ3v) is 6.89. The molecule has 166 valence electrons. The number of aliphatic hydroxyl groups excluding tert-OH is 1. The summed E-state index contributed by atoms with van der Waals surface area (Å²) < 4.78 is 10.1. The molecule has 4 rings (SSSR count). The van der Waals surface area contributed by atoms with E-state index in [1.807, 2.05) is 6.92 Å². The fraction of sp³-hybridized carbons (Fsp3) is 0.667. The topological polar surface area (TPSA) is 93.1 Å². The molecule has 3 aliphatic carbocycles. The van der Waals surface area contributed by atoms with Crippen molar-refractivity contribution in [1.29, 1.82) is 0 Å².